The first kappa shape index (κ1) is 12.9. The van der Waals surface area contributed by atoms with Crippen molar-refractivity contribution in [3.05, 3.63) is 0 Å². The number of rotatable bonds is 3. The Bertz CT molecular complexity index is 405. The van der Waals surface area contributed by atoms with Crippen LogP contribution >= 0.6 is 0 Å². The second-order valence-corrected chi connectivity index (χ2v) is 5.95. The number of carbonyl (C=O) groups is 2. The maximum absolute atomic E-state index is 12.8. The molecular formula is C14H22N2O3. The largest absolute Gasteiger partial charge is 0.373 e. The second-order valence-electron chi connectivity index (χ2n) is 5.95. The van der Waals surface area contributed by atoms with Crippen molar-refractivity contribution in [3.8, 4) is 0 Å². The van der Waals surface area contributed by atoms with Crippen LogP contribution in [0.15, 0.2) is 0 Å². The molecule has 5 nitrogen and oxygen atoms in total. The molecule has 106 valence electrons. The van der Waals surface area contributed by atoms with E-state index in [1.807, 2.05) is 13.8 Å². The topological polar surface area (TPSA) is 58.6 Å². The summed E-state index contributed by atoms with van der Waals surface area (Å²) in [5, 5.41) is 2.91. The van der Waals surface area contributed by atoms with Crippen LogP contribution in [0.25, 0.3) is 0 Å². The average molecular weight is 266 g/mol. The molecule has 0 aromatic heterocycles. The van der Waals surface area contributed by atoms with Crippen molar-refractivity contribution in [2.75, 3.05) is 6.54 Å². The Labute approximate surface area is 113 Å². The summed E-state index contributed by atoms with van der Waals surface area (Å²) in [6, 6.07) is 0.106. The molecule has 3 atom stereocenters. The van der Waals surface area contributed by atoms with Crippen LogP contribution in [0.3, 0.4) is 0 Å². The van der Waals surface area contributed by atoms with Gasteiger partial charge >= 0.3 is 0 Å². The van der Waals surface area contributed by atoms with E-state index >= 15 is 0 Å². The number of nitrogens with one attached hydrogen (secondary N) is 1. The third-order valence-electron chi connectivity index (χ3n) is 5.04. The lowest BCUT2D eigenvalue weighted by atomic mass is 9.86. The first-order chi connectivity index (χ1) is 9.09. The standard InChI is InChI=1S/C14H22N2O3/c1-3-14(4-2)13(18)16(8-12(17)15-14)10-7-9-5-6-11(10)19-9/h9-11H,3-8H2,1-2H3,(H,15,17). The van der Waals surface area contributed by atoms with Crippen molar-refractivity contribution in [1.29, 1.82) is 0 Å². The second kappa shape index (κ2) is 4.47. The molecular weight excluding hydrogens is 244 g/mol. The van der Waals surface area contributed by atoms with Gasteiger partial charge in [-0.1, -0.05) is 13.8 Å². The summed E-state index contributed by atoms with van der Waals surface area (Å²) in [7, 11) is 0. The van der Waals surface area contributed by atoms with E-state index in [1.54, 1.807) is 4.90 Å². The van der Waals surface area contributed by atoms with E-state index in [2.05, 4.69) is 5.32 Å². The van der Waals surface area contributed by atoms with Gasteiger partial charge in [-0.15, -0.1) is 0 Å². The summed E-state index contributed by atoms with van der Waals surface area (Å²) in [6.45, 7) is 4.11. The van der Waals surface area contributed by atoms with Gasteiger partial charge in [-0.3, -0.25) is 9.59 Å². The van der Waals surface area contributed by atoms with Gasteiger partial charge in [-0.05, 0) is 32.1 Å². The van der Waals surface area contributed by atoms with Crippen molar-refractivity contribution in [2.45, 2.75) is 69.7 Å². The molecule has 1 N–H and O–H groups in total. The maximum atomic E-state index is 12.8. The van der Waals surface area contributed by atoms with Crippen molar-refractivity contribution < 1.29 is 14.3 Å². The quantitative estimate of drug-likeness (QED) is 0.823. The van der Waals surface area contributed by atoms with Crippen molar-refractivity contribution in [2.24, 2.45) is 0 Å². The lowest BCUT2D eigenvalue weighted by molar-refractivity contribution is -0.154. The number of carbonyl (C=O) groups excluding carboxylic acids is 2. The number of amides is 2. The molecule has 2 amide bonds. The number of nitrogens with zero attached hydrogens (tertiary/aromatic N) is 1. The van der Waals surface area contributed by atoms with E-state index in [0.29, 0.717) is 18.9 Å². The van der Waals surface area contributed by atoms with Gasteiger partial charge in [0, 0.05) is 0 Å². The fraction of sp³-hybridized carbons (Fsp3) is 0.857. The summed E-state index contributed by atoms with van der Waals surface area (Å²) < 4.78 is 5.83. The molecule has 0 spiro atoms. The molecule has 0 saturated carbocycles. The van der Waals surface area contributed by atoms with Gasteiger partial charge in [-0.2, -0.15) is 0 Å². The average Bonchev–Trinajstić information content (AvgIpc) is 3.03. The molecule has 0 aromatic rings. The van der Waals surface area contributed by atoms with Crippen LogP contribution in [0.5, 0.6) is 0 Å². The molecule has 3 aliphatic heterocycles. The molecule has 3 unspecified atom stereocenters. The van der Waals surface area contributed by atoms with Crippen LogP contribution in [0, 0.1) is 0 Å². The Balaban J connectivity index is 1.84. The minimum absolute atomic E-state index is 0.0360. The predicted octanol–water partition coefficient (Wildman–Crippen LogP) is 0.823. The van der Waals surface area contributed by atoms with Crippen LogP contribution in [0.4, 0.5) is 0 Å². The summed E-state index contributed by atoms with van der Waals surface area (Å²) >= 11 is 0. The Hall–Kier alpha value is -1.10. The highest BCUT2D eigenvalue weighted by molar-refractivity contribution is 5.98. The van der Waals surface area contributed by atoms with E-state index in [-0.39, 0.29) is 30.5 Å². The van der Waals surface area contributed by atoms with E-state index in [4.69, 9.17) is 4.74 Å². The molecule has 3 fully saturated rings. The van der Waals surface area contributed by atoms with Crippen LogP contribution in [-0.2, 0) is 14.3 Å². The Morgan fingerprint density at radius 2 is 2.05 bits per heavy atom. The van der Waals surface area contributed by atoms with Gasteiger partial charge in [0.15, 0.2) is 0 Å². The van der Waals surface area contributed by atoms with E-state index in [0.717, 1.165) is 19.3 Å². The monoisotopic (exact) mass is 266 g/mol. The fourth-order valence-electron chi connectivity index (χ4n) is 3.80. The molecule has 5 heteroatoms. The van der Waals surface area contributed by atoms with Crippen LogP contribution < -0.4 is 5.32 Å². The fourth-order valence-corrected chi connectivity index (χ4v) is 3.80. The first-order valence-electron chi connectivity index (χ1n) is 7.37. The van der Waals surface area contributed by atoms with Crippen LogP contribution in [0.1, 0.15) is 46.0 Å². The molecule has 2 bridgehead atoms. The van der Waals surface area contributed by atoms with Crippen molar-refractivity contribution in [1.82, 2.24) is 10.2 Å². The van der Waals surface area contributed by atoms with E-state index in [9.17, 15) is 9.59 Å². The number of hydrogen-bond donors (Lipinski definition) is 1. The Morgan fingerprint density at radius 3 is 2.58 bits per heavy atom. The van der Waals surface area contributed by atoms with E-state index in [1.165, 1.54) is 0 Å². The number of fused-ring (bicyclic) bond motifs is 2. The highest BCUT2D eigenvalue weighted by Gasteiger charge is 2.51. The van der Waals surface area contributed by atoms with Crippen molar-refractivity contribution in [3.63, 3.8) is 0 Å². The predicted molar refractivity (Wildman–Crippen MR) is 69.5 cm³/mol. The third-order valence-corrected chi connectivity index (χ3v) is 5.04. The minimum atomic E-state index is -0.697. The normalized spacial score (nSPS) is 36.7. The molecule has 0 aliphatic carbocycles. The number of hydrogen-bond acceptors (Lipinski definition) is 3. The zero-order chi connectivity index (χ0) is 13.6. The minimum Gasteiger partial charge on any atom is -0.373 e. The number of piperazine rings is 1. The summed E-state index contributed by atoms with van der Waals surface area (Å²) in [5.74, 6) is 0.0457. The lowest BCUT2D eigenvalue weighted by Gasteiger charge is -2.44. The maximum Gasteiger partial charge on any atom is 0.249 e. The van der Waals surface area contributed by atoms with Crippen LogP contribution in [-0.4, -0.2) is 47.0 Å². The highest BCUT2D eigenvalue weighted by Crippen LogP contribution is 2.39. The van der Waals surface area contributed by atoms with Gasteiger partial charge in [0.2, 0.25) is 11.8 Å². The van der Waals surface area contributed by atoms with Crippen molar-refractivity contribution >= 4 is 11.8 Å². The molecule has 0 aromatic carbocycles. The molecule has 3 saturated heterocycles. The zero-order valence-electron chi connectivity index (χ0n) is 11.6. The summed E-state index contributed by atoms with van der Waals surface area (Å²) in [6.07, 6.45) is 4.75. The first-order valence-corrected chi connectivity index (χ1v) is 7.37. The van der Waals surface area contributed by atoms with Gasteiger partial charge in [0.25, 0.3) is 0 Å². The lowest BCUT2D eigenvalue weighted by Crippen LogP contribution is -2.68. The van der Waals surface area contributed by atoms with Crippen LogP contribution in [0.2, 0.25) is 0 Å². The van der Waals surface area contributed by atoms with Gasteiger partial charge < -0.3 is 15.0 Å². The zero-order valence-corrected chi connectivity index (χ0v) is 11.6. The molecule has 3 heterocycles. The Kier molecular flexibility index (Phi) is 3.04. The Morgan fingerprint density at radius 1 is 1.32 bits per heavy atom. The van der Waals surface area contributed by atoms with Gasteiger partial charge in [-0.25, -0.2) is 0 Å². The number of ether oxygens (including phenoxy) is 1. The third kappa shape index (κ3) is 1.86. The molecule has 19 heavy (non-hydrogen) atoms. The van der Waals surface area contributed by atoms with Gasteiger partial charge in [0.1, 0.15) is 12.1 Å². The molecule has 3 rings (SSSR count). The SMILES string of the molecule is CCC1(CC)NC(=O)CN(C2CC3CCC2O3)C1=O. The summed E-state index contributed by atoms with van der Waals surface area (Å²) in [4.78, 5) is 26.5. The summed E-state index contributed by atoms with van der Waals surface area (Å²) in [5.41, 5.74) is -0.697. The van der Waals surface area contributed by atoms with E-state index < -0.39 is 5.54 Å². The molecule has 3 aliphatic rings. The van der Waals surface area contributed by atoms with Gasteiger partial charge in [0.05, 0.1) is 18.2 Å². The molecule has 0 radical (unpaired) electrons. The highest BCUT2D eigenvalue weighted by atomic mass is 16.5. The smallest absolute Gasteiger partial charge is 0.249 e.